The molecule has 1 N–H and O–H groups in total. The lowest BCUT2D eigenvalue weighted by molar-refractivity contribution is 0.590. The number of halogens is 2. The minimum atomic E-state index is 0.173. The number of aryl methyl sites for hydroxylation is 1. The predicted octanol–water partition coefficient (Wildman–Crippen LogP) is 4.26. The molecule has 1 atom stereocenters. The van der Waals surface area contributed by atoms with Crippen LogP contribution in [0.3, 0.4) is 0 Å². The number of nitrogens with one attached hydrogen (secondary N) is 1. The van der Waals surface area contributed by atoms with Crippen molar-refractivity contribution in [3.05, 3.63) is 49.9 Å². The summed E-state index contributed by atoms with van der Waals surface area (Å²) in [7, 11) is 1.93. The van der Waals surface area contributed by atoms with Gasteiger partial charge < -0.3 is 5.32 Å². The molecule has 0 fully saturated rings. The van der Waals surface area contributed by atoms with Crippen molar-refractivity contribution in [3.63, 3.8) is 0 Å². The summed E-state index contributed by atoms with van der Waals surface area (Å²) in [5.41, 5.74) is 2.15. The predicted molar refractivity (Wildman–Crippen MR) is 78.8 cm³/mol. The maximum Gasteiger partial charge on any atom is 0.0947 e. The molecule has 5 heteroatoms. The van der Waals surface area contributed by atoms with Gasteiger partial charge in [-0.15, -0.1) is 11.3 Å². The lowest BCUT2D eigenvalue weighted by Crippen LogP contribution is -2.18. The van der Waals surface area contributed by atoms with Crippen molar-refractivity contribution in [1.29, 1.82) is 0 Å². The van der Waals surface area contributed by atoms with Crippen LogP contribution in [0, 0.1) is 6.92 Å². The number of benzene rings is 1. The maximum atomic E-state index is 6.03. The summed E-state index contributed by atoms with van der Waals surface area (Å²) in [5.74, 6) is 0. The van der Waals surface area contributed by atoms with Crippen LogP contribution in [-0.4, -0.2) is 12.0 Å². The Balaban J connectivity index is 2.22. The second-order valence-corrected chi connectivity index (χ2v) is 5.95. The highest BCUT2D eigenvalue weighted by Gasteiger charge is 2.13. The summed E-state index contributed by atoms with van der Waals surface area (Å²) in [6.07, 6.45) is 0.839. The van der Waals surface area contributed by atoms with Gasteiger partial charge in [0.1, 0.15) is 0 Å². The Bertz CT molecular complexity index is 519. The number of aromatic nitrogens is 1. The van der Waals surface area contributed by atoms with Crippen molar-refractivity contribution in [1.82, 2.24) is 10.3 Å². The largest absolute Gasteiger partial charge is 0.313 e. The molecule has 0 saturated carbocycles. The zero-order valence-corrected chi connectivity index (χ0v) is 12.5. The first kappa shape index (κ1) is 13.8. The van der Waals surface area contributed by atoms with Gasteiger partial charge in [-0.2, -0.15) is 0 Å². The van der Waals surface area contributed by atoms with Gasteiger partial charge >= 0.3 is 0 Å². The van der Waals surface area contributed by atoms with Crippen molar-refractivity contribution in [3.8, 4) is 0 Å². The molecule has 2 aromatic rings. The van der Waals surface area contributed by atoms with Crippen LogP contribution in [0.4, 0.5) is 0 Å². The van der Waals surface area contributed by atoms with Crippen LogP contribution in [0.15, 0.2) is 23.6 Å². The normalized spacial score (nSPS) is 12.7. The van der Waals surface area contributed by atoms with E-state index in [1.54, 1.807) is 17.4 Å². The molecule has 18 heavy (non-hydrogen) atoms. The summed E-state index contributed by atoms with van der Waals surface area (Å²) in [6, 6.07) is 5.79. The third-order valence-electron chi connectivity index (χ3n) is 2.68. The Morgan fingerprint density at radius 1 is 1.28 bits per heavy atom. The number of likely N-dealkylation sites (N-methyl/N-ethyl adjacent to an activating group) is 1. The Hall–Kier alpha value is -0.610. The van der Waals surface area contributed by atoms with Crippen LogP contribution in [-0.2, 0) is 6.42 Å². The first-order valence-electron chi connectivity index (χ1n) is 5.62. The molecule has 0 aliphatic carbocycles. The highest BCUT2D eigenvalue weighted by Crippen LogP contribution is 2.26. The molecular formula is C13H14Cl2N2S. The van der Waals surface area contributed by atoms with Gasteiger partial charge in [-0.05, 0) is 37.7 Å². The Kier molecular flexibility index (Phi) is 4.62. The number of hydrogen-bond acceptors (Lipinski definition) is 3. The second-order valence-electron chi connectivity index (χ2n) is 4.13. The van der Waals surface area contributed by atoms with E-state index in [-0.39, 0.29) is 6.04 Å². The van der Waals surface area contributed by atoms with Crippen LogP contribution in [0.1, 0.15) is 22.3 Å². The lowest BCUT2D eigenvalue weighted by atomic mass is 10.0. The zero-order valence-electron chi connectivity index (χ0n) is 10.2. The molecule has 0 amide bonds. The highest BCUT2D eigenvalue weighted by atomic mass is 35.5. The van der Waals surface area contributed by atoms with E-state index in [9.17, 15) is 0 Å². The fourth-order valence-electron chi connectivity index (χ4n) is 1.83. The molecule has 1 heterocycles. The minimum absolute atomic E-state index is 0.173. The number of nitrogens with zero attached hydrogens (tertiary/aromatic N) is 1. The monoisotopic (exact) mass is 300 g/mol. The lowest BCUT2D eigenvalue weighted by Gasteiger charge is -2.16. The molecule has 0 aliphatic rings. The van der Waals surface area contributed by atoms with Crippen LogP contribution in [0.2, 0.25) is 10.0 Å². The quantitative estimate of drug-likeness (QED) is 0.912. The highest BCUT2D eigenvalue weighted by molar-refractivity contribution is 7.09. The van der Waals surface area contributed by atoms with Gasteiger partial charge in [0.2, 0.25) is 0 Å². The standard InChI is InChI=1S/C13H14Cl2N2S/c1-8-7-18-13(17-8)6-12(16-2)9-3-10(14)5-11(15)4-9/h3-5,7,12,16H,6H2,1-2H3. The first-order chi connectivity index (χ1) is 8.58. The van der Waals surface area contributed by atoms with Gasteiger partial charge in [0.25, 0.3) is 0 Å². The zero-order chi connectivity index (χ0) is 13.1. The molecule has 0 spiro atoms. The molecule has 0 aliphatic heterocycles. The summed E-state index contributed by atoms with van der Waals surface area (Å²) in [4.78, 5) is 4.48. The summed E-state index contributed by atoms with van der Waals surface area (Å²) < 4.78 is 0. The van der Waals surface area contributed by atoms with Crippen molar-refractivity contribution < 1.29 is 0 Å². The van der Waals surface area contributed by atoms with Gasteiger partial charge in [0.15, 0.2) is 0 Å². The molecule has 2 nitrogen and oxygen atoms in total. The van der Waals surface area contributed by atoms with Gasteiger partial charge in [-0.25, -0.2) is 4.98 Å². The minimum Gasteiger partial charge on any atom is -0.313 e. The van der Waals surface area contributed by atoms with E-state index in [1.807, 2.05) is 26.1 Å². The van der Waals surface area contributed by atoms with Crippen molar-refractivity contribution in [2.45, 2.75) is 19.4 Å². The second kappa shape index (κ2) is 6.02. The summed E-state index contributed by atoms with van der Waals surface area (Å²) in [5, 5.41) is 7.78. The van der Waals surface area contributed by atoms with E-state index in [2.05, 4.69) is 15.7 Å². The molecule has 2 rings (SSSR count). The number of thiazole rings is 1. The van der Waals surface area contributed by atoms with Crippen LogP contribution < -0.4 is 5.32 Å². The summed E-state index contributed by atoms with van der Waals surface area (Å²) in [6.45, 7) is 2.00. The molecule has 1 aromatic carbocycles. The third-order valence-corrected chi connectivity index (χ3v) is 4.11. The molecule has 1 unspecified atom stereocenters. The molecule has 1 aromatic heterocycles. The molecule has 0 radical (unpaired) electrons. The fraction of sp³-hybridized carbons (Fsp3) is 0.308. The Labute approximate surface area is 121 Å². The topological polar surface area (TPSA) is 24.9 Å². The van der Waals surface area contributed by atoms with E-state index in [0.717, 1.165) is 22.7 Å². The Morgan fingerprint density at radius 2 is 1.94 bits per heavy atom. The van der Waals surface area contributed by atoms with Crippen molar-refractivity contribution in [2.24, 2.45) is 0 Å². The molecular weight excluding hydrogens is 287 g/mol. The SMILES string of the molecule is CNC(Cc1nc(C)cs1)c1cc(Cl)cc(Cl)c1. The van der Waals surface area contributed by atoms with Crippen molar-refractivity contribution in [2.75, 3.05) is 7.05 Å². The van der Waals surface area contributed by atoms with E-state index >= 15 is 0 Å². The smallest absolute Gasteiger partial charge is 0.0947 e. The van der Waals surface area contributed by atoms with Gasteiger partial charge in [0.05, 0.1) is 5.01 Å². The van der Waals surface area contributed by atoms with Crippen LogP contribution >= 0.6 is 34.5 Å². The van der Waals surface area contributed by atoms with E-state index in [0.29, 0.717) is 10.0 Å². The fourth-order valence-corrected chi connectivity index (χ4v) is 3.20. The third kappa shape index (κ3) is 3.45. The van der Waals surface area contributed by atoms with Gasteiger partial charge in [0, 0.05) is 33.6 Å². The van der Waals surface area contributed by atoms with Crippen LogP contribution in [0.5, 0.6) is 0 Å². The van der Waals surface area contributed by atoms with Gasteiger partial charge in [-0.1, -0.05) is 23.2 Å². The van der Waals surface area contributed by atoms with E-state index < -0.39 is 0 Å². The average molecular weight is 301 g/mol. The van der Waals surface area contributed by atoms with E-state index in [4.69, 9.17) is 23.2 Å². The van der Waals surface area contributed by atoms with Crippen LogP contribution in [0.25, 0.3) is 0 Å². The molecule has 0 saturated heterocycles. The average Bonchev–Trinajstić information content (AvgIpc) is 2.70. The summed E-state index contributed by atoms with van der Waals surface area (Å²) >= 11 is 13.7. The molecule has 0 bridgehead atoms. The number of hydrogen-bond donors (Lipinski definition) is 1. The first-order valence-corrected chi connectivity index (χ1v) is 7.26. The Morgan fingerprint density at radius 3 is 2.44 bits per heavy atom. The maximum absolute atomic E-state index is 6.03. The number of rotatable bonds is 4. The van der Waals surface area contributed by atoms with E-state index in [1.165, 1.54) is 0 Å². The van der Waals surface area contributed by atoms with Crippen molar-refractivity contribution >= 4 is 34.5 Å². The van der Waals surface area contributed by atoms with Gasteiger partial charge in [-0.3, -0.25) is 0 Å². The molecule has 96 valence electrons.